The standard InChI is InChI=1S/C16H15BrO3/c1-2-12-8-9-15(14(17)10-12)20-16(18)11-19-13-6-4-3-5-7-13/h3-10H,2,11H2,1H3. The first-order valence-corrected chi connectivity index (χ1v) is 7.15. The van der Waals surface area contributed by atoms with Gasteiger partial charge in [0.25, 0.3) is 0 Å². The van der Waals surface area contributed by atoms with Crippen LogP contribution < -0.4 is 9.47 Å². The van der Waals surface area contributed by atoms with Gasteiger partial charge in [-0.2, -0.15) is 0 Å². The van der Waals surface area contributed by atoms with Crippen LogP contribution >= 0.6 is 15.9 Å². The minimum Gasteiger partial charge on any atom is -0.482 e. The highest BCUT2D eigenvalue weighted by molar-refractivity contribution is 9.10. The van der Waals surface area contributed by atoms with Crippen molar-refractivity contribution in [3.8, 4) is 11.5 Å². The van der Waals surface area contributed by atoms with Gasteiger partial charge in [-0.3, -0.25) is 0 Å². The molecule has 2 aromatic rings. The summed E-state index contributed by atoms with van der Waals surface area (Å²) in [6.45, 7) is 1.95. The predicted molar refractivity (Wildman–Crippen MR) is 81.1 cm³/mol. The number of hydrogen-bond donors (Lipinski definition) is 0. The number of carbonyl (C=O) groups is 1. The Morgan fingerprint density at radius 3 is 2.55 bits per heavy atom. The molecule has 0 aliphatic rings. The molecule has 0 aliphatic heterocycles. The normalized spacial score (nSPS) is 10.1. The van der Waals surface area contributed by atoms with Gasteiger partial charge in [-0.25, -0.2) is 4.79 Å². The first kappa shape index (κ1) is 14.6. The van der Waals surface area contributed by atoms with E-state index in [1.807, 2.05) is 30.3 Å². The number of para-hydroxylation sites is 1. The molecule has 0 saturated heterocycles. The maximum atomic E-state index is 11.7. The lowest BCUT2D eigenvalue weighted by atomic mass is 10.2. The number of benzene rings is 2. The van der Waals surface area contributed by atoms with Gasteiger partial charge < -0.3 is 9.47 Å². The summed E-state index contributed by atoms with van der Waals surface area (Å²) in [6, 6.07) is 14.8. The fourth-order valence-electron chi connectivity index (χ4n) is 1.66. The summed E-state index contributed by atoms with van der Waals surface area (Å²) in [7, 11) is 0. The smallest absolute Gasteiger partial charge is 0.349 e. The number of rotatable bonds is 5. The Bertz CT molecular complexity index is 582. The summed E-state index contributed by atoms with van der Waals surface area (Å²) in [5.41, 5.74) is 1.18. The van der Waals surface area contributed by atoms with E-state index in [0.29, 0.717) is 11.5 Å². The molecule has 0 unspecified atom stereocenters. The van der Waals surface area contributed by atoms with Crippen LogP contribution in [0.4, 0.5) is 0 Å². The Balaban J connectivity index is 1.91. The van der Waals surface area contributed by atoms with Crippen molar-refractivity contribution >= 4 is 21.9 Å². The molecule has 0 spiro atoms. The third kappa shape index (κ3) is 4.10. The van der Waals surface area contributed by atoms with Crippen LogP contribution in [0.1, 0.15) is 12.5 Å². The maximum Gasteiger partial charge on any atom is 0.349 e. The van der Waals surface area contributed by atoms with Crippen molar-refractivity contribution in [3.05, 3.63) is 58.6 Å². The van der Waals surface area contributed by atoms with E-state index in [2.05, 4.69) is 22.9 Å². The predicted octanol–water partition coefficient (Wildman–Crippen LogP) is 4.00. The lowest BCUT2D eigenvalue weighted by Crippen LogP contribution is -2.17. The second-order valence-electron chi connectivity index (χ2n) is 4.19. The molecule has 2 rings (SSSR count). The van der Waals surface area contributed by atoms with E-state index in [4.69, 9.17) is 9.47 Å². The van der Waals surface area contributed by atoms with E-state index in [1.165, 1.54) is 5.56 Å². The summed E-state index contributed by atoms with van der Waals surface area (Å²) >= 11 is 3.39. The summed E-state index contributed by atoms with van der Waals surface area (Å²) in [5.74, 6) is 0.715. The molecule has 0 aliphatic carbocycles. The molecule has 0 radical (unpaired) electrons. The van der Waals surface area contributed by atoms with Crippen molar-refractivity contribution in [2.24, 2.45) is 0 Å². The Labute approximate surface area is 126 Å². The summed E-state index contributed by atoms with van der Waals surface area (Å²) < 4.78 is 11.4. The number of aryl methyl sites for hydroxylation is 1. The highest BCUT2D eigenvalue weighted by Crippen LogP contribution is 2.26. The largest absolute Gasteiger partial charge is 0.482 e. The first-order chi connectivity index (χ1) is 9.69. The molecular formula is C16H15BrO3. The van der Waals surface area contributed by atoms with Crippen molar-refractivity contribution in [2.45, 2.75) is 13.3 Å². The van der Waals surface area contributed by atoms with Crippen LogP contribution in [0.5, 0.6) is 11.5 Å². The summed E-state index contributed by atoms with van der Waals surface area (Å²) in [4.78, 5) is 11.7. The minimum atomic E-state index is -0.432. The number of esters is 1. The van der Waals surface area contributed by atoms with Crippen LogP contribution in [-0.4, -0.2) is 12.6 Å². The Morgan fingerprint density at radius 2 is 1.90 bits per heavy atom. The van der Waals surface area contributed by atoms with E-state index in [0.717, 1.165) is 10.9 Å². The van der Waals surface area contributed by atoms with Gasteiger partial charge in [-0.1, -0.05) is 31.2 Å². The van der Waals surface area contributed by atoms with Crippen LogP contribution in [0.2, 0.25) is 0 Å². The molecule has 104 valence electrons. The average molecular weight is 335 g/mol. The molecule has 0 aromatic heterocycles. The van der Waals surface area contributed by atoms with Gasteiger partial charge in [0.15, 0.2) is 6.61 Å². The highest BCUT2D eigenvalue weighted by atomic mass is 79.9. The molecule has 0 amide bonds. The third-order valence-electron chi connectivity index (χ3n) is 2.73. The topological polar surface area (TPSA) is 35.5 Å². The van der Waals surface area contributed by atoms with Gasteiger partial charge >= 0.3 is 5.97 Å². The van der Waals surface area contributed by atoms with Crippen LogP contribution in [0, 0.1) is 0 Å². The Morgan fingerprint density at radius 1 is 1.15 bits per heavy atom. The molecule has 4 heteroatoms. The molecule has 2 aromatic carbocycles. The minimum absolute atomic E-state index is 0.119. The fraction of sp³-hybridized carbons (Fsp3) is 0.188. The van der Waals surface area contributed by atoms with Crippen molar-refractivity contribution in [2.75, 3.05) is 6.61 Å². The van der Waals surface area contributed by atoms with E-state index < -0.39 is 5.97 Å². The number of ether oxygens (including phenoxy) is 2. The third-order valence-corrected chi connectivity index (χ3v) is 3.35. The first-order valence-electron chi connectivity index (χ1n) is 6.36. The van der Waals surface area contributed by atoms with Crippen LogP contribution in [0.3, 0.4) is 0 Å². The fourth-order valence-corrected chi connectivity index (χ4v) is 2.17. The van der Waals surface area contributed by atoms with Crippen LogP contribution in [0.15, 0.2) is 53.0 Å². The number of carbonyl (C=O) groups excluding carboxylic acids is 1. The van der Waals surface area contributed by atoms with Gasteiger partial charge in [0.05, 0.1) is 4.47 Å². The second kappa shape index (κ2) is 7.10. The number of hydrogen-bond acceptors (Lipinski definition) is 3. The quantitative estimate of drug-likeness (QED) is 0.612. The zero-order chi connectivity index (χ0) is 14.4. The van der Waals surface area contributed by atoms with Crippen LogP contribution in [0.25, 0.3) is 0 Å². The zero-order valence-electron chi connectivity index (χ0n) is 11.1. The van der Waals surface area contributed by atoms with Crippen molar-refractivity contribution in [3.63, 3.8) is 0 Å². The molecule has 0 atom stereocenters. The molecule has 0 saturated carbocycles. The zero-order valence-corrected chi connectivity index (χ0v) is 12.7. The van der Waals surface area contributed by atoms with Gasteiger partial charge in [-0.15, -0.1) is 0 Å². The molecule has 3 nitrogen and oxygen atoms in total. The Hall–Kier alpha value is -1.81. The average Bonchev–Trinajstić information content (AvgIpc) is 2.48. The molecule has 0 fully saturated rings. The second-order valence-corrected chi connectivity index (χ2v) is 5.05. The van der Waals surface area contributed by atoms with Crippen molar-refractivity contribution < 1.29 is 14.3 Å². The van der Waals surface area contributed by atoms with E-state index in [1.54, 1.807) is 18.2 Å². The van der Waals surface area contributed by atoms with Gasteiger partial charge in [0.1, 0.15) is 11.5 Å². The summed E-state index contributed by atoms with van der Waals surface area (Å²) in [5, 5.41) is 0. The van der Waals surface area contributed by atoms with Gasteiger partial charge in [0, 0.05) is 0 Å². The molecule has 0 N–H and O–H groups in total. The highest BCUT2D eigenvalue weighted by Gasteiger charge is 2.09. The van der Waals surface area contributed by atoms with Crippen molar-refractivity contribution in [1.29, 1.82) is 0 Å². The molecule has 20 heavy (non-hydrogen) atoms. The Kier molecular flexibility index (Phi) is 5.18. The van der Waals surface area contributed by atoms with E-state index >= 15 is 0 Å². The number of halogens is 1. The molecular weight excluding hydrogens is 320 g/mol. The van der Waals surface area contributed by atoms with E-state index in [9.17, 15) is 4.79 Å². The molecule has 0 heterocycles. The summed E-state index contributed by atoms with van der Waals surface area (Å²) in [6.07, 6.45) is 0.934. The van der Waals surface area contributed by atoms with E-state index in [-0.39, 0.29) is 6.61 Å². The van der Waals surface area contributed by atoms with Crippen LogP contribution in [-0.2, 0) is 11.2 Å². The SMILES string of the molecule is CCc1ccc(OC(=O)COc2ccccc2)c(Br)c1. The van der Waals surface area contributed by atoms with Crippen molar-refractivity contribution in [1.82, 2.24) is 0 Å². The maximum absolute atomic E-state index is 11.7. The molecule has 0 bridgehead atoms. The lowest BCUT2D eigenvalue weighted by Gasteiger charge is -2.09. The van der Waals surface area contributed by atoms with Gasteiger partial charge in [0.2, 0.25) is 0 Å². The van der Waals surface area contributed by atoms with Gasteiger partial charge in [-0.05, 0) is 52.2 Å². The monoisotopic (exact) mass is 334 g/mol. The lowest BCUT2D eigenvalue weighted by molar-refractivity contribution is -0.136.